The number of hydroxylamine groups is 1. The van der Waals surface area contributed by atoms with Crippen LogP contribution in [0.1, 0.15) is 46.5 Å². The second kappa shape index (κ2) is 10.3. The van der Waals surface area contributed by atoms with Crippen LogP contribution in [0.25, 0.3) is 10.2 Å². The van der Waals surface area contributed by atoms with Crippen LogP contribution >= 0.6 is 11.3 Å². The van der Waals surface area contributed by atoms with Crippen molar-refractivity contribution in [3.05, 3.63) is 23.7 Å². The number of fused-ring (bicyclic) bond motifs is 1. The molecule has 0 aliphatic heterocycles. The molecule has 3 rings (SSSR count). The van der Waals surface area contributed by atoms with Crippen molar-refractivity contribution in [1.82, 2.24) is 20.7 Å². The van der Waals surface area contributed by atoms with E-state index in [0.29, 0.717) is 18.2 Å². The first-order chi connectivity index (χ1) is 15.2. The Hall–Kier alpha value is -2.72. The first kappa shape index (κ1) is 23.9. The molecule has 1 heterocycles. The zero-order valence-electron chi connectivity index (χ0n) is 18.7. The first-order valence-electron chi connectivity index (χ1n) is 10.8. The monoisotopic (exact) mass is 461 g/mol. The van der Waals surface area contributed by atoms with Gasteiger partial charge in [0, 0.05) is 12.2 Å². The highest BCUT2D eigenvalue weighted by Crippen LogP contribution is 2.28. The summed E-state index contributed by atoms with van der Waals surface area (Å²) in [7, 11) is 0. The minimum absolute atomic E-state index is 0.260. The molecule has 0 spiro atoms. The molecule has 10 heteroatoms. The van der Waals surface area contributed by atoms with Gasteiger partial charge in [-0.1, -0.05) is 33.6 Å². The summed E-state index contributed by atoms with van der Waals surface area (Å²) in [4.78, 5) is 43.8. The highest BCUT2D eigenvalue weighted by molar-refractivity contribution is 7.16. The maximum Gasteiger partial charge on any atom is 0.319 e. The van der Waals surface area contributed by atoms with E-state index in [-0.39, 0.29) is 12.5 Å². The van der Waals surface area contributed by atoms with Crippen LogP contribution in [0.15, 0.2) is 23.7 Å². The number of hydrogen-bond donors (Lipinski definition) is 4. The van der Waals surface area contributed by atoms with E-state index in [9.17, 15) is 14.4 Å². The Labute approximate surface area is 191 Å². The quantitative estimate of drug-likeness (QED) is 0.372. The van der Waals surface area contributed by atoms with Crippen LogP contribution in [0, 0.1) is 11.3 Å². The van der Waals surface area contributed by atoms with Gasteiger partial charge in [0.15, 0.2) is 0 Å². The molecule has 1 aliphatic rings. The lowest BCUT2D eigenvalue weighted by atomic mass is 9.85. The lowest BCUT2D eigenvalue weighted by Gasteiger charge is -2.35. The SMILES string of the molecule is CC(C)(C)[C@H](NC(=O)Nc1ccc2ncsc2c1)C(=O)N(CC(=O)NO)CC1CCCC1. The molecule has 4 N–H and O–H groups in total. The third-order valence-electron chi connectivity index (χ3n) is 5.70. The highest BCUT2D eigenvalue weighted by Gasteiger charge is 2.37. The predicted octanol–water partition coefficient (Wildman–Crippen LogP) is 3.36. The molecular weight excluding hydrogens is 430 g/mol. The third-order valence-corrected chi connectivity index (χ3v) is 6.49. The number of thiazole rings is 1. The molecule has 0 unspecified atom stereocenters. The van der Waals surface area contributed by atoms with E-state index in [1.807, 2.05) is 32.9 Å². The Morgan fingerprint density at radius 3 is 2.62 bits per heavy atom. The van der Waals surface area contributed by atoms with Crippen LogP contribution in [0.2, 0.25) is 0 Å². The minimum Gasteiger partial charge on any atom is -0.331 e. The number of rotatable bonds is 7. The number of nitrogens with one attached hydrogen (secondary N) is 3. The van der Waals surface area contributed by atoms with Crippen LogP contribution in [0.3, 0.4) is 0 Å². The van der Waals surface area contributed by atoms with Crippen LogP contribution in [-0.2, 0) is 9.59 Å². The number of urea groups is 1. The van der Waals surface area contributed by atoms with Gasteiger partial charge in [-0.2, -0.15) is 0 Å². The summed E-state index contributed by atoms with van der Waals surface area (Å²) in [6, 6.07) is 4.05. The Kier molecular flexibility index (Phi) is 7.68. The van der Waals surface area contributed by atoms with Gasteiger partial charge in [-0.25, -0.2) is 15.3 Å². The second-order valence-corrected chi connectivity index (χ2v) is 10.2. The smallest absolute Gasteiger partial charge is 0.319 e. The molecule has 0 radical (unpaired) electrons. The van der Waals surface area contributed by atoms with E-state index < -0.39 is 23.4 Å². The summed E-state index contributed by atoms with van der Waals surface area (Å²) in [5.74, 6) is -0.696. The molecule has 1 atom stereocenters. The molecule has 9 nitrogen and oxygen atoms in total. The van der Waals surface area contributed by atoms with Crippen molar-refractivity contribution in [1.29, 1.82) is 0 Å². The fourth-order valence-corrected chi connectivity index (χ4v) is 4.72. The number of anilines is 1. The molecule has 32 heavy (non-hydrogen) atoms. The van der Waals surface area contributed by atoms with Gasteiger partial charge in [0.1, 0.15) is 12.6 Å². The fraction of sp³-hybridized carbons (Fsp3) is 0.545. The van der Waals surface area contributed by atoms with E-state index >= 15 is 0 Å². The van der Waals surface area contributed by atoms with E-state index in [0.717, 1.165) is 35.9 Å². The summed E-state index contributed by atoms with van der Waals surface area (Å²) in [6.45, 7) is 5.74. The zero-order chi connectivity index (χ0) is 23.3. The van der Waals surface area contributed by atoms with Gasteiger partial charge in [-0.15, -0.1) is 11.3 Å². The number of hydrogen-bond acceptors (Lipinski definition) is 6. The van der Waals surface area contributed by atoms with Crippen molar-refractivity contribution in [3.8, 4) is 0 Å². The molecule has 1 aromatic heterocycles. The van der Waals surface area contributed by atoms with Gasteiger partial charge in [-0.05, 0) is 42.4 Å². The highest BCUT2D eigenvalue weighted by atomic mass is 32.1. The molecule has 1 saturated carbocycles. The van der Waals surface area contributed by atoms with Gasteiger partial charge < -0.3 is 15.5 Å². The predicted molar refractivity (Wildman–Crippen MR) is 123 cm³/mol. The zero-order valence-corrected chi connectivity index (χ0v) is 19.5. The van der Waals surface area contributed by atoms with Crippen LogP contribution in [-0.4, -0.2) is 52.1 Å². The molecule has 0 bridgehead atoms. The van der Waals surface area contributed by atoms with Crippen molar-refractivity contribution in [2.24, 2.45) is 11.3 Å². The molecule has 174 valence electrons. The first-order valence-corrected chi connectivity index (χ1v) is 11.7. The average molecular weight is 462 g/mol. The molecule has 1 fully saturated rings. The normalized spacial score (nSPS) is 15.4. The Balaban J connectivity index is 1.73. The molecule has 4 amide bonds. The summed E-state index contributed by atoms with van der Waals surface area (Å²) in [5, 5.41) is 14.6. The van der Waals surface area contributed by atoms with Crippen molar-refractivity contribution in [3.63, 3.8) is 0 Å². The van der Waals surface area contributed by atoms with Gasteiger partial charge in [0.05, 0.1) is 15.7 Å². The molecule has 2 aromatic rings. The topological polar surface area (TPSA) is 124 Å². The number of carbonyl (C=O) groups excluding carboxylic acids is 3. The third kappa shape index (κ3) is 6.17. The largest absolute Gasteiger partial charge is 0.331 e. The molecule has 0 saturated heterocycles. The fourth-order valence-electron chi connectivity index (χ4n) is 4.01. The van der Waals surface area contributed by atoms with E-state index in [1.165, 1.54) is 16.2 Å². The summed E-state index contributed by atoms with van der Waals surface area (Å²) in [6.07, 6.45) is 4.20. The van der Waals surface area contributed by atoms with Crippen molar-refractivity contribution in [2.45, 2.75) is 52.5 Å². The van der Waals surface area contributed by atoms with Crippen LogP contribution < -0.4 is 16.1 Å². The van der Waals surface area contributed by atoms with Crippen molar-refractivity contribution >= 4 is 45.1 Å². The average Bonchev–Trinajstić information content (AvgIpc) is 3.41. The maximum absolute atomic E-state index is 13.5. The number of aromatic nitrogens is 1. The van der Waals surface area contributed by atoms with Crippen molar-refractivity contribution < 1.29 is 19.6 Å². The van der Waals surface area contributed by atoms with Gasteiger partial charge in [0.2, 0.25) is 5.91 Å². The van der Waals surface area contributed by atoms with E-state index in [1.54, 1.807) is 17.1 Å². The standard InChI is InChI=1S/C22H31N5O4S/c1-22(2,3)19(20(29)27(12-18(28)26-31)11-14-6-4-5-7-14)25-21(30)24-15-8-9-16-17(10-15)32-13-23-16/h8-10,13-14,19,31H,4-7,11-12H2,1-3H3,(H,26,28)(H2,24,25,30)/t19-/m1/s1. The van der Waals surface area contributed by atoms with Gasteiger partial charge in [0.25, 0.3) is 5.91 Å². The van der Waals surface area contributed by atoms with Crippen LogP contribution in [0.5, 0.6) is 0 Å². The Morgan fingerprint density at radius 1 is 1.25 bits per heavy atom. The maximum atomic E-state index is 13.5. The summed E-state index contributed by atoms with van der Waals surface area (Å²) in [5.41, 5.74) is 4.20. The lowest BCUT2D eigenvalue weighted by molar-refractivity contribution is -0.142. The summed E-state index contributed by atoms with van der Waals surface area (Å²) >= 11 is 1.48. The second-order valence-electron chi connectivity index (χ2n) is 9.34. The molecule has 1 aliphatic carbocycles. The molecule has 1 aromatic carbocycles. The summed E-state index contributed by atoms with van der Waals surface area (Å²) < 4.78 is 0.948. The van der Waals surface area contributed by atoms with E-state index in [2.05, 4.69) is 15.6 Å². The van der Waals surface area contributed by atoms with Gasteiger partial charge in [-0.3, -0.25) is 14.8 Å². The number of amides is 4. The Morgan fingerprint density at radius 2 is 1.97 bits per heavy atom. The number of benzene rings is 1. The number of nitrogens with zero attached hydrogens (tertiary/aromatic N) is 2. The lowest BCUT2D eigenvalue weighted by Crippen LogP contribution is -2.57. The minimum atomic E-state index is -0.859. The van der Waals surface area contributed by atoms with Crippen molar-refractivity contribution in [2.75, 3.05) is 18.4 Å². The Bertz CT molecular complexity index is 965. The van der Waals surface area contributed by atoms with Gasteiger partial charge >= 0.3 is 6.03 Å². The van der Waals surface area contributed by atoms with E-state index in [4.69, 9.17) is 5.21 Å². The number of carbonyl (C=O) groups is 3. The van der Waals surface area contributed by atoms with Crippen LogP contribution in [0.4, 0.5) is 10.5 Å². The molecular formula is C22H31N5O4S.